The molecule has 0 aromatic heterocycles. The van der Waals surface area contributed by atoms with Crippen LogP contribution in [-0.4, -0.2) is 7.11 Å². The number of para-hydroxylation sites is 1. The number of halogens is 3. The lowest BCUT2D eigenvalue weighted by molar-refractivity contribution is 0.297. The van der Waals surface area contributed by atoms with Gasteiger partial charge in [-0.2, -0.15) is 0 Å². The Labute approximate surface area is 179 Å². The zero-order chi connectivity index (χ0) is 19.9. The van der Waals surface area contributed by atoms with Crippen molar-refractivity contribution in [1.82, 2.24) is 5.43 Å². The Hall–Kier alpha value is -2.11. The van der Waals surface area contributed by atoms with Gasteiger partial charge in [0, 0.05) is 22.8 Å². The van der Waals surface area contributed by atoms with E-state index in [9.17, 15) is 0 Å². The molecule has 3 aromatic carbocycles. The van der Waals surface area contributed by atoms with Gasteiger partial charge in [-0.25, -0.2) is 5.43 Å². The van der Waals surface area contributed by atoms with Crippen LogP contribution in [0.5, 0.6) is 11.5 Å². The summed E-state index contributed by atoms with van der Waals surface area (Å²) in [7, 11) is 1.62. The van der Waals surface area contributed by atoms with E-state index in [4.69, 9.17) is 44.3 Å². The zero-order valence-corrected chi connectivity index (χ0v) is 17.4. The quantitative estimate of drug-likeness (QED) is 0.403. The SMILES string of the molecule is COc1ccc(CNNc2ccccc2)cc1COc1c(Cl)cc(Cl)cc1Cl. The maximum Gasteiger partial charge on any atom is 0.157 e. The number of rotatable bonds is 8. The minimum absolute atomic E-state index is 0.254. The van der Waals surface area contributed by atoms with Crippen LogP contribution in [0.1, 0.15) is 11.1 Å². The molecule has 0 amide bonds. The second kappa shape index (κ2) is 9.89. The van der Waals surface area contributed by atoms with Gasteiger partial charge in [-0.05, 0) is 42.0 Å². The summed E-state index contributed by atoms with van der Waals surface area (Å²) < 4.78 is 11.3. The molecular formula is C21H19Cl3N2O2. The lowest BCUT2D eigenvalue weighted by Crippen LogP contribution is -2.20. The molecule has 0 aliphatic heterocycles. The second-order valence-corrected chi connectivity index (χ2v) is 7.23. The smallest absolute Gasteiger partial charge is 0.157 e. The predicted octanol–water partition coefficient (Wildman–Crippen LogP) is 6.35. The van der Waals surface area contributed by atoms with E-state index in [-0.39, 0.29) is 6.61 Å². The van der Waals surface area contributed by atoms with Crippen LogP contribution in [0.2, 0.25) is 15.1 Å². The molecule has 4 nitrogen and oxygen atoms in total. The van der Waals surface area contributed by atoms with Crippen LogP contribution in [0, 0.1) is 0 Å². The zero-order valence-electron chi connectivity index (χ0n) is 15.1. The van der Waals surface area contributed by atoms with E-state index in [0.717, 1.165) is 22.6 Å². The summed E-state index contributed by atoms with van der Waals surface area (Å²) in [4.78, 5) is 0. The summed E-state index contributed by atoms with van der Waals surface area (Å²) in [6.07, 6.45) is 0. The molecule has 28 heavy (non-hydrogen) atoms. The maximum absolute atomic E-state index is 6.19. The summed E-state index contributed by atoms with van der Waals surface area (Å²) in [6, 6.07) is 19.0. The summed E-state index contributed by atoms with van der Waals surface area (Å²) in [5.41, 5.74) is 9.29. The van der Waals surface area contributed by atoms with Gasteiger partial charge in [-0.1, -0.05) is 59.1 Å². The number of benzene rings is 3. The van der Waals surface area contributed by atoms with Gasteiger partial charge in [0.15, 0.2) is 5.75 Å². The van der Waals surface area contributed by atoms with Gasteiger partial charge in [0.25, 0.3) is 0 Å². The fourth-order valence-electron chi connectivity index (χ4n) is 2.64. The minimum Gasteiger partial charge on any atom is -0.496 e. The molecule has 0 saturated heterocycles. The lowest BCUT2D eigenvalue weighted by Gasteiger charge is -2.15. The monoisotopic (exact) mass is 436 g/mol. The Bertz CT molecular complexity index is 913. The highest BCUT2D eigenvalue weighted by Crippen LogP contribution is 2.36. The molecule has 0 saturated carbocycles. The number of methoxy groups -OCH3 is 1. The summed E-state index contributed by atoms with van der Waals surface area (Å²) in [5.74, 6) is 1.12. The topological polar surface area (TPSA) is 42.5 Å². The van der Waals surface area contributed by atoms with E-state index in [1.807, 2.05) is 48.5 Å². The summed E-state index contributed by atoms with van der Waals surface area (Å²) >= 11 is 18.3. The Kier molecular flexibility index (Phi) is 7.29. The fraction of sp³-hybridized carbons (Fsp3) is 0.143. The predicted molar refractivity (Wildman–Crippen MR) is 116 cm³/mol. The van der Waals surface area contributed by atoms with Crippen molar-refractivity contribution in [2.45, 2.75) is 13.2 Å². The molecule has 2 N–H and O–H groups in total. The van der Waals surface area contributed by atoms with Crippen molar-refractivity contribution in [2.75, 3.05) is 12.5 Å². The summed E-state index contributed by atoms with van der Waals surface area (Å²) in [6.45, 7) is 0.874. The van der Waals surface area contributed by atoms with Crippen LogP contribution in [0.15, 0.2) is 60.7 Å². The largest absolute Gasteiger partial charge is 0.496 e. The third kappa shape index (κ3) is 5.46. The molecule has 0 aliphatic rings. The number of hydrogen-bond acceptors (Lipinski definition) is 4. The van der Waals surface area contributed by atoms with Gasteiger partial charge in [0.05, 0.1) is 17.2 Å². The van der Waals surface area contributed by atoms with Crippen LogP contribution < -0.4 is 20.3 Å². The van der Waals surface area contributed by atoms with Gasteiger partial charge >= 0.3 is 0 Å². The van der Waals surface area contributed by atoms with Crippen LogP contribution in [0.3, 0.4) is 0 Å². The Morgan fingerprint density at radius 1 is 0.893 bits per heavy atom. The molecule has 0 unspecified atom stereocenters. The molecule has 3 aromatic rings. The van der Waals surface area contributed by atoms with Crippen molar-refractivity contribution >= 4 is 40.5 Å². The molecule has 0 heterocycles. The highest BCUT2D eigenvalue weighted by molar-refractivity contribution is 6.40. The second-order valence-electron chi connectivity index (χ2n) is 5.98. The highest BCUT2D eigenvalue weighted by Gasteiger charge is 2.12. The number of hydrazine groups is 1. The third-order valence-electron chi connectivity index (χ3n) is 3.98. The van der Waals surface area contributed by atoms with Gasteiger partial charge in [-0.3, -0.25) is 0 Å². The first-order valence-electron chi connectivity index (χ1n) is 8.54. The molecule has 7 heteroatoms. The standard InChI is InChI=1S/C21H19Cl3N2O2/c1-27-20-8-7-14(12-25-26-17-5-3-2-4-6-17)9-15(20)13-28-21-18(23)10-16(22)11-19(21)24/h2-11,25-26H,12-13H2,1H3. The highest BCUT2D eigenvalue weighted by atomic mass is 35.5. The van der Waals surface area contributed by atoms with Gasteiger partial charge in [0.1, 0.15) is 12.4 Å². The summed E-state index contributed by atoms with van der Waals surface area (Å²) in [5, 5.41) is 1.18. The van der Waals surface area contributed by atoms with E-state index in [0.29, 0.717) is 27.4 Å². The lowest BCUT2D eigenvalue weighted by atomic mass is 10.1. The van der Waals surface area contributed by atoms with E-state index in [1.165, 1.54) is 0 Å². The van der Waals surface area contributed by atoms with E-state index < -0.39 is 0 Å². The Morgan fingerprint density at radius 3 is 2.29 bits per heavy atom. The molecular weight excluding hydrogens is 419 g/mol. The van der Waals surface area contributed by atoms with Crippen LogP contribution in [0.25, 0.3) is 0 Å². The van der Waals surface area contributed by atoms with Gasteiger partial charge in [-0.15, -0.1) is 0 Å². The van der Waals surface area contributed by atoms with Crippen molar-refractivity contribution < 1.29 is 9.47 Å². The van der Waals surface area contributed by atoms with Crippen molar-refractivity contribution in [3.05, 3.63) is 86.9 Å². The van der Waals surface area contributed by atoms with Crippen LogP contribution in [0.4, 0.5) is 5.69 Å². The van der Waals surface area contributed by atoms with Crippen molar-refractivity contribution in [3.63, 3.8) is 0 Å². The molecule has 0 spiro atoms. The number of nitrogens with one attached hydrogen (secondary N) is 2. The average molecular weight is 438 g/mol. The van der Waals surface area contributed by atoms with Crippen LogP contribution in [-0.2, 0) is 13.2 Å². The fourth-order valence-corrected chi connectivity index (χ4v) is 3.57. The van der Waals surface area contributed by atoms with E-state index in [1.54, 1.807) is 19.2 Å². The Balaban J connectivity index is 1.67. The Morgan fingerprint density at radius 2 is 1.61 bits per heavy atom. The first kappa shape index (κ1) is 20.6. The normalized spacial score (nSPS) is 10.6. The molecule has 0 bridgehead atoms. The first-order valence-corrected chi connectivity index (χ1v) is 9.67. The molecule has 146 valence electrons. The number of anilines is 1. The average Bonchev–Trinajstić information content (AvgIpc) is 2.68. The molecule has 0 fully saturated rings. The van der Waals surface area contributed by atoms with Gasteiger partial charge in [0.2, 0.25) is 0 Å². The molecule has 3 rings (SSSR count). The molecule has 0 atom stereocenters. The van der Waals surface area contributed by atoms with Crippen molar-refractivity contribution in [3.8, 4) is 11.5 Å². The first-order chi connectivity index (χ1) is 13.6. The molecule has 0 aliphatic carbocycles. The minimum atomic E-state index is 0.254. The maximum atomic E-state index is 6.19. The molecule has 0 radical (unpaired) electrons. The van der Waals surface area contributed by atoms with Crippen molar-refractivity contribution in [2.24, 2.45) is 0 Å². The number of hydrogen-bond donors (Lipinski definition) is 2. The number of ether oxygens (including phenoxy) is 2. The van der Waals surface area contributed by atoms with Crippen molar-refractivity contribution in [1.29, 1.82) is 0 Å². The third-order valence-corrected chi connectivity index (χ3v) is 4.76. The van der Waals surface area contributed by atoms with E-state index in [2.05, 4.69) is 10.9 Å². The van der Waals surface area contributed by atoms with Crippen LogP contribution >= 0.6 is 34.8 Å². The van der Waals surface area contributed by atoms with E-state index >= 15 is 0 Å². The van der Waals surface area contributed by atoms with Gasteiger partial charge < -0.3 is 14.9 Å².